The predicted octanol–water partition coefficient (Wildman–Crippen LogP) is 20.1. The van der Waals surface area contributed by atoms with Crippen molar-refractivity contribution in [2.24, 2.45) is 0 Å². The second-order valence-corrected chi connectivity index (χ2v) is 25.5. The predicted molar refractivity (Wildman–Crippen MR) is 334 cm³/mol. The zero-order valence-electron chi connectivity index (χ0n) is 53.8. The average molecular weight is 1120 g/mol. The van der Waals surface area contributed by atoms with Crippen LogP contribution in [-0.2, 0) is 33.3 Å². The largest absolute Gasteiger partial charge is 0.545 e. The molecule has 0 saturated heterocycles. The number of carboxylic acid groups (broad SMARTS) is 1. The molecular formula is C70H137NO8. The molecule has 0 saturated carbocycles. The molecule has 0 rings (SSSR count). The molecular weight excluding hydrogens is 983 g/mol. The van der Waals surface area contributed by atoms with Gasteiger partial charge in [0.1, 0.15) is 13.2 Å². The van der Waals surface area contributed by atoms with Gasteiger partial charge in [-0.05, 0) is 12.8 Å². The lowest BCUT2D eigenvalue weighted by Gasteiger charge is -2.26. The first-order valence-electron chi connectivity index (χ1n) is 35.2. The third-order valence-corrected chi connectivity index (χ3v) is 16.4. The van der Waals surface area contributed by atoms with Crippen LogP contribution >= 0.6 is 0 Å². The normalized spacial score (nSPS) is 12.6. The fraction of sp³-hybridized carbons (Fsp3) is 0.957. The summed E-state index contributed by atoms with van der Waals surface area (Å²) in [6.45, 7) is 4.85. The first-order valence-corrected chi connectivity index (χ1v) is 35.2. The van der Waals surface area contributed by atoms with Crippen molar-refractivity contribution < 1.29 is 42.9 Å². The Labute approximate surface area is 492 Å². The van der Waals surface area contributed by atoms with E-state index in [4.69, 9.17) is 18.9 Å². The van der Waals surface area contributed by atoms with E-state index in [9.17, 15) is 19.5 Å². The zero-order valence-corrected chi connectivity index (χ0v) is 53.8. The zero-order chi connectivity index (χ0) is 57.6. The maximum atomic E-state index is 12.9. The standard InChI is InChI=1S/C70H137NO8/c1-6-8-10-12-14-16-18-20-22-24-26-28-30-32-34-35-37-39-41-43-45-47-49-51-53-55-57-59-61-68(73)79-66(65-78-70(69(74)75)76-63-62-71(3,4)5)64-77-67(72)60-58-56-54-52-50-48-46-44-42-40-38-36-33-31-29-27-25-23-21-19-17-15-13-11-9-7-2/h66,70H,6-65H2,1-5H3. The second-order valence-electron chi connectivity index (χ2n) is 25.5. The number of likely N-dealkylation sites (N-methyl/N-ethyl adjacent to an activating group) is 1. The molecule has 0 fully saturated rings. The molecule has 0 aromatic heterocycles. The number of carbonyl (C=O) groups is 3. The number of nitrogens with zero attached hydrogens (tertiary/aromatic N) is 1. The van der Waals surface area contributed by atoms with Crippen molar-refractivity contribution in [1.29, 1.82) is 0 Å². The summed E-state index contributed by atoms with van der Waals surface area (Å²) in [5.41, 5.74) is 0. The molecule has 0 heterocycles. The van der Waals surface area contributed by atoms with Crippen molar-refractivity contribution in [3.8, 4) is 0 Å². The first-order chi connectivity index (χ1) is 38.6. The summed E-state index contributed by atoms with van der Waals surface area (Å²) in [4.78, 5) is 37.5. The Kier molecular flexibility index (Phi) is 61.0. The van der Waals surface area contributed by atoms with Gasteiger partial charge in [0, 0.05) is 12.8 Å². The van der Waals surface area contributed by atoms with Crippen molar-refractivity contribution in [2.75, 3.05) is 47.5 Å². The lowest BCUT2D eigenvalue weighted by Crippen LogP contribution is -2.44. The molecule has 470 valence electrons. The van der Waals surface area contributed by atoms with Crippen LogP contribution < -0.4 is 5.11 Å². The molecule has 0 radical (unpaired) electrons. The number of rotatable bonds is 67. The number of carbonyl (C=O) groups excluding carboxylic acids is 3. The number of hydrogen-bond acceptors (Lipinski definition) is 8. The van der Waals surface area contributed by atoms with Gasteiger partial charge in [0.2, 0.25) is 0 Å². The minimum atomic E-state index is -1.62. The fourth-order valence-corrected chi connectivity index (χ4v) is 11.0. The molecule has 0 amide bonds. The molecule has 0 aliphatic rings. The molecule has 79 heavy (non-hydrogen) atoms. The Bertz CT molecular complexity index is 1260. The van der Waals surface area contributed by atoms with Crippen LogP contribution in [0.4, 0.5) is 0 Å². The van der Waals surface area contributed by atoms with E-state index in [2.05, 4.69) is 13.8 Å². The van der Waals surface area contributed by atoms with Crippen LogP contribution in [0.3, 0.4) is 0 Å². The topological polar surface area (TPSA) is 111 Å². The summed E-state index contributed by atoms with van der Waals surface area (Å²) in [5.74, 6) is -2.24. The third-order valence-electron chi connectivity index (χ3n) is 16.4. The van der Waals surface area contributed by atoms with Crippen LogP contribution in [0.15, 0.2) is 0 Å². The molecule has 0 aliphatic heterocycles. The highest BCUT2D eigenvalue weighted by Gasteiger charge is 2.22. The summed E-state index contributed by atoms with van der Waals surface area (Å²) in [6, 6.07) is 0. The molecule has 0 aromatic rings. The van der Waals surface area contributed by atoms with Crippen LogP contribution in [-0.4, -0.2) is 82.3 Å². The van der Waals surface area contributed by atoms with Gasteiger partial charge in [-0.25, -0.2) is 0 Å². The van der Waals surface area contributed by atoms with E-state index in [1.807, 2.05) is 21.1 Å². The Balaban J connectivity index is 4.05. The molecule has 9 nitrogen and oxygen atoms in total. The van der Waals surface area contributed by atoms with E-state index in [0.29, 0.717) is 17.4 Å². The second kappa shape index (κ2) is 62.3. The van der Waals surface area contributed by atoms with Crippen LogP contribution in [0.5, 0.6) is 0 Å². The summed E-state index contributed by atoms with van der Waals surface area (Å²) < 4.78 is 22.8. The van der Waals surface area contributed by atoms with Gasteiger partial charge in [0.15, 0.2) is 12.4 Å². The minimum absolute atomic E-state index is 0.154. The van der Waals surface area contributed by atoms with Gasteiger partial charge in [0.05, 0.1) is 40.3 Å². The summed E-state index contributed by atoms with van der Waals surface area (Å²) in [5, 5.41) is 11.8. The number of aliphatic carboxylic acids is 1. The number of carboxylic acids is 1. The summed E-state index contributed by atoms with van der Waals surface area (Å²) in [6.07, 6.45) is 70.5. The lowest BCUT2D eigenvalue weighted by atomic mass is 10.0. The number of hydrogen-bond donors (Lipinski definition) is 0. The van der Waals surface area contributed by atoms with Gasteiger partial charge in [-0.15, -0.1) is 0 Å². The Hall–Kier alpha value is -1.71. The molecule has 9 heteroatoms. The van der Waals surface area contributed by atoms with E-state index in [1.54, 1.807) is 0 Å². The first kappa shape index (κ1) is 77.3. The van der Waals surface area contributed by atoms with Gasteiger partial charge >= 0.3 is 11.9 Å². The maximum absolute atomic E-state index is 12.9. The fourth-order valence-electron chi connectivity index (χ4n) is 11.0. The number of esters is 2. The summed E-state index contributed by atoms with van der Waals surface area (Å²) in [7, 11) is 5.95. The molecule has 0 aliphatic carbocycles. The van der Waals surface area contributed by atoms with Gasteiger partial charge in [-0.3, -0.25) is 9.59 Å². The lowest BCUT2D eigenvalue weighted by molar-refractivity contribution is -0.870. The van der Waals surface area contributed by atoms with Gasteiger partial charge in [-0.1, -0.05) is 348 Å². The van der Waals surface area contributed by atoms with E-state index < -0.39 is 24.3 Å². The summed E-state index contributed by atoms with van der Waals surface area (Å²) >= 11 is 0. The highest BCUT2D eigenvalue weighted by molar-refractivity contribution is 5.70. The van der Waals surface area contributed by atoms with E-state index in [-0.39, 0.29) is 32.2 Å². The average Bonchev–Trinajstić information content (AvgIpc) is 3.42. The monoisotopic (exact) mass is 1120 g/mol. The number of ether oxygens (including phenoxy) is 4. The number of unbranched alkanes of at least 4 members (excludes halogenated alkanes) is 52. The van der Waals surface area contributed by atoms with E-state index in [1.165, 1.54) is 308 Å². The van der Waals surface area contributed by atoms with E-state index in [0.717, 1.165) is 38.5 Å². The van der Waals surface area contributed by atoms with Crippen LogP contribution in [0.1, 0.15) is 373 Å². The van der Waals surface area contributed by atoms with Crippen LogP contribution in [0.25, 0.3) is 0 Å². The highest BCUT2D eigenvalue weighted by atomic mass is 16.7. The van der Waals surface area contributed by atoms with Crippen molar-refractivity contribution >= 4 is 17.9 Å². The molecule has 2 atom stereocenters. The van der Waals surface area contributed by atoms with Crippen molar-refractivity contribution in [1.82, 2.24) is 0 Å². The molecule has 2 unspecified atom stereocenters. The number of quaternary nitrogens is 1. The van der Waals surface area contributed by atoms with Gasteiger partial charge in [-0.2, -0.15) is 0 Å². The van der Waals surface area contributed by atoms with Gasteiger partial charge in [0.25, 0.3) is 0 Å². The SMILES string of the molecule is CCCCCCCCCCCCCCCCCCCCCCCCCCCCCCC(=O)OC(COC(=O)CCCCCCCCCCCCCCCCCCCCCCCCCCCC)COC(OCC[N+](C)(C)C)C(=O)[O-]. The smallest absolute Gasteiger partial charge is 0.306 e. The molecule has 0 N–H and O–H groups in total. The Morgan fingerprint density at radius 1 is 0.329 bits per heavy atom. The molecule has 0 aromatic carbocycles. The minimum Gasteiger partial charge on any atom is -0.545 e. The van der Waals surface area contributed by atoms with Crippen LogP contribution in [0.2, 0.25) is 0 Å². The maximum Gasteiger partial charge on any atom is 0.306 e. The van der Waals surface area contributed by atoms with Crippen molar-refractivity contribution in [2.45, 2.75) is 386 Å². The Morgan fingerprint density at radius 2 is 0.570 bits per heavy atom. The van der Waals surface area contributed by atoms with Gasteiger partial charge < -0.3 is 33.3 Å². The highest BCUT2D eigenvalue weighted by Crippen LogP contribution is 2.20. The molecule has 0 bridgehead atoms. The van der Waals surface area contributed by atoms with Crippen molar-refractivity contribution in [3.63, 3.8) is 0 Å². The quantitative estimate of drug-likeness (QED) is 0.0256. The van der Waals surface area contributed by atoms with Crippen molar-refractivity contribution in [3.05, 3.63) is 0 Å². The van der Waals surface area contributed by atoms with Crippen LogP contribution in [0, 0.1) is 0 Å². The Morgan fingerprint density at radius 3 is 0.810 bits per heavy atom. The molecule has 0 spiro atoms. The third kappa shape index (κ3) is 63.7. The van der Waals surface area contributed by atoms with E-state index >= 15 is 0 Å².